The molecule has 3 heterocycles. The van der Waals surface area contributed by atoms with Crippen molar-refractivity contribution in [2.75, 3.05) is 16.8 Å². The molecule has 5 heteroatoms. The molecule has 2 aromatic carbocycles. The summed E-state index contributed by atoms with van der Waals surface area (Å²) >= 11 is 6.12. The Labute approximate surface area is 170 Å². The van der Waals surface area contributed by atoms with Gasteiger partial charge in [0.1, 0.15) is 5.82 Å². The molecular formula is C23H23ClN4. The van der Waals surface area contributed by atoms with Crippen molar-refractivity contribution in [3.05, 3.63) is 76.4 Å². The largest absolute Gasteiger partial charge is 0.349 e. The number of aromatic nitrogens is 2. The van der Waals surface area contributed by atoms with E-state index in [2.05, 4.69) is 52.5 Å². The number of piperidine rings is 1. The minimum atomic E-state index is 0.403. The fourth-order valence-electron chi connectivity index (χ4n) is 4.55. The molecule has 0 radical (unpaired) electrons. The lowest BCUT2D eigenvalue weighted by Gasteiger charge is -2.47. The van der Waals surface area contributed by atoms with Crippen LogP contribution in [0.5, 0.6) is 0 Å². The summed E-state index contributed by atoms with van der Waals surface area (Å²) < 4.78 is 0. The van der Waals surface area contributed by atoms with Crippen molar-refractivity contribution in [2.45, 2.75) is 38.1 Å². The van der Waals surface area contributed by atoms with Gasteiger partial charge in [0.15, 0.2) is 0 Å². The molecule has 0 amide bonds. The van der Waals surface area contributed by atoms with Gasteiger partial charge in [-0.15, -0.1) is 0 Å². The van der Waals surface area contributed by atoms with E-state index in [-0.39, 0.29) is 0 Å². The van der Waals surface area contributed by atoms with Crippen LogP contribution in [0.1, 0.15) is 48.5 Å². The quantitative estimate of drug-likeness (QED) is 0.604. The number of aryl methyl sites for hydroxylation is 1. The number of nitrogens with one attached hydrogen (secondary N) is 1. The number of nitrogens with zero attached hydrogens (tertiary/aromatic N) is 3. The Bertz CT molecular complexity index is 1020. The third-order valence-electron chi connectivity index (χ3n) is 5.88. The molecule has 2 aliphatic heterocycles. The molecule has 2 bridgehead atoms. The average Bonchev–Trinajstić information content (AvgIpc) is 2.74. The Morgan fingerprint density at radius 3 is 2.71 bits per heavy atom. The smallest absolute Gasteiger partial charge is 0.229 e. The topological polar surface area (TPSA) is 41.1 Å². The number of hydrogen-bond acceptors (Lipinski definition) is 4. The molecule has 1 N–H and O–H groups in total. The summed E-state index contributed by atoms with van der Waals surface area (Å²) in [6, 6.07) is 19.1. The molecule has 1 fully saturated rings. The minimum Gasteiger partial charge on any atom is -0.349 e. The molecule has 4 nitrogen and oxygen atoms in total. The Hall–Kier alpha value is -2.59. The van der Waals surface area contributed by atoms with E-state index in [0.717, 1.165) is 30.2 Å². The van der Waals surface area contributed by atoms with Crippen LogP contribution in [0.25, 0.3) is 0 Å². The number of halogens is 1. The molecule has 3 aliphatic rings. The van der Waals surface area contributed by atoms with Gasteiger partial charge in [0.2, 0.25) is 5.95 Å². The fourth-order valence-corrected chi connectivity index (χ4v) is 4.74. The van der Waals surface area contributed by atoms with Crippen LogP contribution in [0.3, 0.4) is 0 Å². The number of rotatable bonds is 4. The third-order valence-corrected chi connectivity index (χ3v) is 6.11. The first-order valence-electron chi connectivity index (χ1n) is 9.97. The highest BCUT2D eigenvalue weighted by Crippen LogP contribution is 2.48. The van der Waals surface area contributed by atoms with Crippen molar-refractivity contribution in [3.63, 3.8) is 0 Å². The van der Waals surface area contributed by atoms with Crippen LogP contribution in [0.4, 0.5) is 17.5 Å². The standard InChI is InChI=1S/C23H23ClN4/c1-2-17-13-22(27-23(25-17)26-18-7-5-6-16(24)12-18)28-14-15-10-11-21(28)20-9-4-3-8-19(15)20/h3-9,12-13,15,21H,2,10-11,14H2,1H3,(H,25,26,27)/t15-,21+/m1/s1. The van der Waals surface area contributed by atoms with E-state index in [1.54, 1.807) is 0 Å². The summed E-state index contributed by atoms with van der Waals surface area (Å²) in [5, 5.41) is 4.02. The van der Waals surface area contributed by atoms with Crippen LogP contribution in [-0.4, -0.2) is 16.5 Å². The predicted molar refractivity (Wildman–Crippen MR) is 115 cm³/mol. The average molecular weight is 391 g/mol. The lowest BCUT2D eigenvalue weighted by Crippen LogP contribution is -2.43. The monoisotopic (exact) mass is 390 g/mol. The van der Waals surface area contributed by atoms with Crippen molar-refractivity contribution in [1.82, 2.24) is 9.97 Å². The maximum Gasteiger partial charge on any atom is 0.229 e. The fraction of sp³-hybridized carbons (Fsp3) is 0.304. The van der Waals surface area contributed by atoms with Gasteiger partial charge >= 0.3 is 0 Å². The third kappa shape index (κ3) is 3.12. The molecule has 142 valence electrons. The number of fused-ring (bicyclic) bond motifs is 2. The molecule has 1 aliphatic carbocycles. The first kappa shape index (κ1) is 17.5. The second kappa shape index (κ2) is 7.10. The molecule has 1 saturated heterocycles. The molecule has 0 saturated carbocycles. The maximum atomic E-state index is 6.12. The second-order valence-electron chi connectivity index (χ2n) is 7.60. The van der Waals surface area contributed by atoms with E-state index in [0.29, 0.717) is 22.9 Å². The highest BCUT2D eigenvalue weighted by atomic mass is 35.5. The van der Waals surface area contributed by atoms with Gasteiger partial charge in [-0.05, 0) is 48.6 Å². The Morgan fingerprint density at radius 2 is 1.89 bits per heavy atom. The molecule has 1 aromatic heterocycles. The molecule has 0 spiro atoms. The zero-order valence-corrected chi connectivity index (χ0v) is 16.7. The SMILES string of the molecule is CCc1cc(N2C[C@H]3CC[C@H]2c2ccccc23)nc(Nc2cccc(Cl)c2)n1. The van der Waals surface area contributed by atoms with Crippen LogP contribution in [0.15, 0.2) is 54.6 Å². The van der Waals surface area contributed by atoms with Gasteiger partial charge in [-0.2, -0.15) is 4.98 Å². The number of anilines is 3. The lowest BCUT2D eigenvalue weighted by atomic mass is 9.75. The summed E-state index contributed by atoms with van der Waals surface area (Å²) in [7, 11) is 0. The second-order valence-corrected chi connectivity index (χ2v) is 8.04. The molecule has 6 rings (SSSR count). The van der Waals surface area contributed by atoms with Gasteiger partial charge in [-0.3, -0.25) is 0 Å². The normalized spacial score (nSPS) is 20.1. The van der Waals surface area contributed by atoms with Crippen molar-refractivity contribution < 1.29 is 0 Å². The summed E-state index contributed by atoms with van der Waals surface area (Å²) in [5.41, 5.74) is 4.93. The maximum absolute atomic E-state index is 6.12. The van der Waals surface area contributed by atoms with E-state index in [4.69, 9.17) is 16.6 Å². The van der Waals surface area contributed by atoms with Gasteiger partial charge in [-0.1, -0.05) is 48.9 Å². The predicted octanol–water partition coefficient (Wildman–Crippen LogP) is 5.87. The van der Waals surface area contributed by atoms with Crippen molar-refractivity contribution in [1.29, 1.82) is 0 Å². The van der Waals surface area contributed by atoms with Crippen LogP contribution < -0.4 is 10.2 Å². The molecule has 3 aromatic rings. The van der Waals surface area contributed by atoms with E-state index in [1.165, 1.54) is 24.0 Å². The van der Waals surface area contributed by atoms with Crippen LogP contribution >= 0.6 is 11.6 Å². The molecular weight excluding hydrogens is 368 g/mol. The lowest BCUT2D eigenvalue weighted by molar-refractivity contribution is 0.387. The van der Waals surface area contributed by atoms with Crippen LogP contribution in [0, 0.1) is 0 Å². The summed E-state index contributed by atoms with van der Waals surface area (Å²) in [6.07, 6.45) is 3.32. The van der Waals surface area contributed by atoms with E-state index >= 15 is 0 Å². The highest BCUT2D eigenvalue weighted by Gasteiger charge is 2.38. The molecule has 0 unspecified atom stereocenters. The Morgan fingerprint density at radius 1 is 1.04 bits per heavy atom. The number of benzene rings is 2. The van der Waals surface area contributed by atoms with E-state index in [1.807, 2.05) is 24.3 Å². The summed E-state index contributed by atoms with van der Waals surface area (Å²) in [5.74, 6) is 2.23. The van der Waals surface area contributed by atoms with Gasteiger partial charge in [0.25, 0.3) is 0 Å². The van der Waals surface area contributed by atoms with Crippen LogP contribution in [-0.2, 0) is 6.42 Å². The number of hydrogen-bond donors (Lipinski definition) is 1. The van der Waals surface area contributed by atoms with Gasteiger partial charge in [0, 0.05) is 34.9 Å². The van der Waals surface area contributed by atoms with Crippen molar-refractivity contribution >= 4 is 29.1 Å². The highest BCUT2D eigenvalue weighted by molar-refractivity contribution is 6.30. The molecule has 2 atom stereocenters. The van der Waals surface area contributed by atoms with E-state index < -0.39 is 0 Å². The molecule has 28 heavy (non-hydrogen) atoms. The minimum absolute atomic E-state index is 0.403. The Kier molecular flexibility index (Phi) is 4.44. The zero-order chi connectivity index (χ0) is 19.1. The summed E-state index contributed by atoms with van der Waals surface area (Å²) in [4.78, 5) is 12.0. The van der Waals surface area contributed by atoms with Crippen LogP contribution in [0.2, 0.25) is 5.02 Å². The Balaban J connectivity index is 1.50. The first-order chi connectivity index (χ1) is 13.7. The van der Waals surface area contributed by atoms with Gasteiger partial charge < -0.3 is 10.2 Å². The first-order valence-corrected chi connectivity index (χ1v) is 10.3. The van der Waals surface area contributed by atoms with Gasteiger partial charge in [0.05, 0.1) is 6.04 Å². The van der Waals surface area contributed by atoms with Gasteiger partial charge in [-0.25, -0.2) is 4.98 Å². The van der Waals surface area contributed by atoms with E-state index in [9.17, 15) is 0 Å². The van der Waals surface area contributed by atoms with Crippen molar-refractivity contribution in [2.24, 2.45) is 0 Å². The zero-order valence-electron chi connectivity index (χ0n) is 15.9. The van der Waals surface area contributed by atoms with Crippen molar-refractivity contribution in [3.8, 4) is 0 Å². The summed E-state index contributed by atoms with van der Waals surface area (Å²) in [6.45, 7) is 3.16.